The van der Waals surface area contributed by atoms with Crippen LogP contribution in [-0.2, 0) is 0 Å². The molecule has 0 aromatic carbocycles. The molecule has 112 valence electrons. The normalized spacial score (nSPS) is 27.9. The molecular weight excluding hydrogens is 272 g/mol. The molecule has 2 rings (SSSR count). The Kier molecular flexibility index (Phi) is 5.19. The van der Waals surface area contributed by atoms with Crippen molar-refractivity contribution < 1.29 is 0 Å². The first-order valence-corrected chi connectivity index (χ1v) is 9.69. The molecule has 0 amide bonds. The van der Waals surface area contributed by atoms with Crippen LogP contribution in [0.4, 0.5) is 0 Å². The Morgan fingerprint density at radius 2 is 1.63 bits per heavy atom. The molecule has 2 saturated heterocycles. The molecule has 0 aromatic heterocycles. The van der Waals surface area contributed by atoms with Gasteiger partial charge in [0.05, 0.1) is 0 Å². The zero-order valence-electron chi connectivity index (χ0n) is 13.2. The van der Waals surface area contributed by atoms with E-state index in [2.05, 4.69) is 67.9 Å². The molecule has 0 aliphatic carbocycles. The highest BCUT2D eigenvalue weighted by Gasteiger charge is 2.36. The Balaban J connectivity index is 1.87. The topological polar surface area (TPSA) is 6.48 Å². The summed E-state index contributed by atoms with van der Waals surface area (Å²) in [7, 11) is 0. The molecule has 2 aliphatic rings. The van der Waals surface area contributed by atoms with Crippen molar-refractivity contribution in [3.8, 4) is 0 Å². The van der Waals surface area contributed by atoms with Gasteiger partial charge < -0.3 is 0 Å². The number of hydrogen-bond donors (Lipinski definition) is 0. The summed E-state index contributed by atoms with van der Waals surface area (Å²) in [6, 6.07) is 0. The van der Waals surface area contributed by atoms with E-state index < -0.39 is 0 Å². The fourth-order valence-corrected chi connectivity index (χ4v) is 5.59. The molecule has 0 spiro atoms. The molecule has 0 bridgehead atoms. The minimum Gasteiger partial charge on any atom is -0.297 e. The van der Waals surface area contributed by atoms with E-state index in [0.717, 1.165) is 5.25 Å². The lowest BCUT2D eigenvalue weighted by Gasteiger charge is -2.42. The second kappa shape index (κ2) is 6.17. The van der Waals surface area contributed by atoms with Gasteiger partial charge in [-0.15, -0.1) is 11.8 Å². The first-order valence-electron chi connectivity index (χ1n) is 7.48. The van der Waals surface area contributed by atoms with Crippen molar-refractivity contribution in [1.29, 1.82) is 0 Å². The van der Waals surface area contributed by atoms with E-state index in [4.69, 9.17) is 0 Å². The summed E-state index contributed by atoms with van der Waals surface area (Å²) >= 11 is 4.27. The fourth-order valence-electron chi connectivity index (χ4n) is 2.99. The summed E-state index contributed by atoms with van der Waals surface area (Å²) in [5.41, 5.74) is 0.695. The average molecular weight is 303 g/mol. The van der Waals surface area contributed by atoms with Crippen LogP contribution in [0.3, 0.4) is 0 Å². The van der Waals surface area contributed by atoms with Gasteiger partial charge in [0.2, 0.25) is 0 Å². The number of hydrogen-bond acceptors (Lipinski definition) is 4. The SMILES string of the molecule is CC(C)(C)N1CSC(CC(C)(C)N2CCSCC2)C1. The lowest BCUT2D eigenvalue weighted by Crippen LogP contribution is -2.50. The number of thioether (sulfide) groups is 2. The van der Waals surface area contributed by atoms with Gasteiger partial charge in [0, 0.05) is 53.3 Å². The number of rotatable bonds is 3. The van der Waals surface area contributed by atoms with Gasteiger partial charge >= 0.3 is 0 Å². The summed E-state index contributed by atoms with van der Waals surface area (Å²) in [6.07, 6.45) is 1.33. The summed E-state index contributed by atoms with van der Waals surface area (Å²) in [5, 5.41) is 0.809. The van der Waals surface area contributed by atoms with E-state index in [1.165, 1.54) is 43.4 Å². The first kappa shape index (κ1) is 16.0. The fraction of sp³-hybridized carbons (Fsp3) is 1.00. The van der Waals surface area contributed by atoms with Crippen LogP contribution in [-0.4, -0.2) is 63.1 Å². The van der Waals surface area contributed by atoms with Crippen LogP contribution in [0.1, 0.15) is 41.0 Å². The van der Waals surface area contributed by atoms with Gasteiger partial charge in [0.1, 0.15) is 0 Å². The molecule has 4 heteroatoms. The van der Waals surface area contributed by atoms with Crippen LogP contribution in [0.2, 0.25) is 0 Å². The third-order valence-electron chi connectivity index (χ3n) is 4.43. The minimum atomic E-state index is 0.327. The van der Waals surface area contributed by atoms with Gasteiger partial charge in [-0.05, 0) is 41.0 Å². The zero-order chi connectivity index (χ0) is 14.1. The maximum absolute atomic E-state index is 2.71. The molecule has 1 unspecified atom stereocenters. The van der Waals surface area contributed by atoms with E-state index in [1.54, 1.807) is 0 Å². The molecule has 2 aliphatic heterocycles. The van der Waals surface area contributed by atoms with Crippen LogP contribution in [0.25, 0.3) is 0 Å². The molecule has 0 N–H and O–H groups in total. The standard InChI is InChI=1S/C15H30N2S2/c1-14(2,3)17-11-13(19-12-17)10-15(4,5)16-6-8-18-9-7-16/h13H,6-12H2,1-5H3. The summed E-state index contributed by atoms with van der Waals surface area (Å²) in [5.74, 6) is 3.84. The van der Waals surface area contributed by atoms with E-state index >= 15 is 0 Å². The maximum atomic E-state index is 2.71. The van der Waals surface area contributed by atoms with Crippen molar-refractivity contribution in [2.45, 2.75) is 57.4 Å². The highest BCUT2D eigenvalue weighted by atomic mass is 32.2. The second-order valence-electron chi connectivity index (χ2n) is 7.43. The van der Waals surface area contributed by atoms with Crippen molar-refractivity contribution in [1.82, 2.24) is 9.80 Å². The van der Waals surface area contributed by atoms with Crippen LogP contribution in [0, 0.1) is 0 Å². The molecule has 19 heavy (non-hydrogen) atoms. The Hall–Kier alpha value is 0.620. The van der Waals surface area contributed by atoms with Gasteiger partial charge in [-0.25, -0.2) is 0 Å². The predicted molar refractivity (Wildman–Crippen MR) is 90.3 cm³/mol. The van der Waals surface area contributed by atoms with Crippen molar-refractivity contribution in [2.75, 3.05) is 37.0 Å². The molecule has 2 nitrogen and oxygen atoms in total. The van der Waals surface area contributed by atoms with Gasteiger partial charge in [-0.2, -0.15) is 11.8 Å². The molecule has 2 heterocycles. The summed E-state index contributed by atoms with van der Waals surface area (Å²) < 4.78 is 0. The van der Waals surface area contributed by atoms with Gasteiger partial charge in [-0.3, -0.25) is 9.80 Å². The highest BCUT2D eigenvalue weighted by molar-refractivity contribution is 8.00. The Morgan fingerprint density at radius 3 is 2.16 bits per heavy atom. The van der Waals surface area contributed by atoms with Crippen molar-refractivity contribution in [3.63, 3.8) is 0 Å². The smallest absolute Gasteiger partial charge is 0.0453 e. The molecular formula is C15H30N2S2. The van der Waals surface area contributed by atoms with Crippen molar-refractivity contribution in [2.24, 2.45) is 0 Å². The zero-order valence-corrected chi connectivity index (χ0v) is 14.9. The quantitative estimate of drug-likeness (QED) is 0.788. The monoisotopic (exact) mass is 302 g/mol. The lowest BCUT2D eigenvalue weighted by molar-refractivity contribution is 0.115. The van der Waals surface area contributed by atoms with Crippen molar-refractivity contribution in [3.05, 3.63) is 0 Å². The Morgan fingerprint density at radius 1 is 1.00 bits per heavy atom. The van der Waals surface area contributed by atoms with Crippen molar-refractivity contribution >= 4 is 23.5 Å². The molecule has 0 aromatic rings. The first-order chi connectivity index (χ1) is 8.79. The van der Waals surface area contributed by atoms with E-state index in [9.17, 15) is 0 Å². The minimum absolute atomic E-state index is 0.327. The summed E-state index contributed by atoms with van der Waals surface area (Å²) in [6.45, 7) is 15.7. The van der Waals surface area contributed by atoms with E-state index in [1.807, 2.05) is 0 Å². The Bertz CT molecular complexity index is 293. The average Bonchev–Trinajstić information content (AvgIpc) is 2.78. The van der Waals surface area contributed by atoms with Crippen LogP contribution in [0.5, 0.6) is 0 Å². The lowest BCUT2D eigenvalue weighted by atomic mass is 9.94. The predicted octanol–water partition coefficient (Wildman–Crippen LogP) is 3.38. The third kappa shape index (κ3) is 4.29. The second-order valence-corrected chi connectivity index (χ2v) is 9.91. The van der Waals surface area contributed by atoms with Crippen LogP contribution in [0.15, 0.2) is 0 Å². The van der Waals surface area contributed by atoms with E-state index in [-0.39, 0.29) is 0 Å². The van der Waals surface area contributed by atoms with Crippen LogP contribution < -0.4 is 0 Å². The van der Waals surface area contributed by atoms with Gasteiger partial charge in [-0.1, -0.05) is 0 Å². The highest BCUT2D eigenvalue weighted by Crippen LogP contribution is 2.35. The molecule has 1 atom stereocenters. The van der Waals surface area contributed by atoms with Crippen LogP contribution >= 0.6 is 23.5 Å². The van der Waals surface area contributed by atoms with Gasteiger partial charge in [0.15, 0.2) is 0 Å². The van der Waals surface area contributed by atoms with Gasteiger partial charge in [0.25, 0.3) is 0 Å². The maximum Gasteiger partial charge on any atom is 0.0453 e. The van der Waals surface area contributed by atoms with E-state index in [0.29, 0.717) is 11.1 Å². The largest absolute Gasteiger partial charge is 0.297 e. The molecule has 2 fully saturated rings. The number of nitrogens with zero attached hydrogens (tertiary/aromatic N) is 2. The Labute approximate surface area is 128 Å². The molecule has 0 saturated carbocycles. The third-order valence-corrected chi connectivity index (χ3v) is 6.62. The molecule has 0 radical (unpaired) electrons. The summed E-state index contributed by atoms with van der Waals surface area (Å²) in [4.78, 5) is 5.34.